The molecule has 0 bridgehead atoms. The fraction of sp³-hybridized carbons (Fsp3) is 0.346. The first-order valence-electron chi connectivity index (χ1n) is 11.7. The molecule has 1 aromatic heterocycles. The SMILES string of the molecule is Cc1ccc(S(=O)(=O)NC(C)CC(=O)N2CCN(Cc3ccc(-c4cccc(Cl)c4)s3)CC2)c(Br)c1. The summed E-state index contributed by atoms with van der Waals surface area (Å²) in [7, 11) is -3.73. The minimum absolute atomic E-state index is 0.0350. The summed E-state index contributed by atoms with van der Waals surface area (Å²) >= 11 is 11.2. The number of sulfonamides is 1. The summed E-state index contributed by atoms with van der Waals surface area (Å²) in [6.45, 7) is 7.30. The highest BCUT2D eigenvalue weighted by atomic mass is 79.9. The molecule has 10 heteroatoms. The van der Waals surface area contributed by atoms with E-state index in [1.807, 2.05) is 30.0 Å². The molecule has 0 radical (unpaired) electrons. The van der Waals surface area contributed by atoms with Gasteiger partial charge in [0.1, 0.15) is 0 Å². The first-order chi connectivity index (χ1) is 17.1. The highest BCUT2D eigenvalue weighted by Crippen LogP contribution is 2.30. The summed E-state index contributed by atoms with van der Waals surface area (Å²) in [4.78, 5) is 19.7. The van der Waals surface area contributed by atoms with Crippen LogP contribution in [0.15, 0.2) is 64.0 Å². The Kier molecular flexibility index (Phi) is 8.91. The highest BCUT2D eigenvalue weighted by molar-refractivity contribution is 9.10. The van der Waals surface area contributed by atoms with Gasteiger partial charge in [-0.25, -0.2) is 13.1 Å². The minimum Gasteiger partial charge on any atom is -0.340 e. The Morgan fingerprint density at radius 1 is 1.11 bits per heavy atom. The van der Waals surface area contributed by atoms with Gasteiger partial charge in [-0.05, 0) is 77.3 Å². The molecular formula is C26H29BrClN3O3S2. The quantitative estimate of drug-likeness (QED) is 0.364. The van der Waals surface area contributed by atoms with Crippen LogP contribution in [0.2, 0.25) is 5.02 Å². The van der Waals surface area contributed by atoms with E-state index in [2.05, 4.69) is 43.8 Å². The van der Waals surface area contributed by atoms with Crippen LogP contribution in [-0.2, 0) is 21.4 Å². The Morgan fingerprint density at radius 2 is 1.86 bits per heavy atom. The van der Waals surface area contributed by atoms with Crippen molar-refractivity contribution in [3.63, 3.8) is 0 Å². The molecule has 0 spiro atoms. The second kappa shape index (κ2) is 11.8. The summed E-state index contributed by atoms with van der Waals surface area (Å²) in [5, 5.41) is 0.730. The number of carbonyl (C=O) groups excluding carboxylic acids is 1. The third-order valence-corrected chi connectivity index (χ3v) is 10.0. The molecule has 3 aromatic rings. The number of hydrogen-bond acceptors (Lipinski definition) is 5. The van der Waals surface area contributed by atoms with Crippen LogP contribution in [0.25, 0.3) is 10.4 Å². The zero-order valence-electron chi connectivity index (χ0n) is 20.2. The van der Waals surface area contributed by atoms with Crippen molar-refractivity contribution in [1.29, 1.82) is 0 Å². The molecule has 36 heavy (non-hydrogen) atoms. The molecule has 1 unspecified atom stereocenters. The second-order valence-corrected chi connectivity index (χ2v) is 13.2. The van der Waals surface area contributed by atoms with E-state index in [0.29, 0.717) is 17.6 Å². The third kappa shape index (κ3) is 6.96. The predicted molar refractivity (Wildman–Crippen MR) is 150 cm³/mol. The van der Waals surface area contributed by atoms with Crippen LogP contribution in [0.4, 0.5) is 0 Å². The van der Waals surface area contributed by atoms with Gasteiger partial charge in [0.15, 0.2) is 0 Å². The molecule has 1 aliphatic heterocycles. The fourth-order valence-corrected chi connectivity index (χ4v) is 7.89. The van der Waals surface area contributed by atoms with Crippen molar-refractivity contribution in [1.82, 2.24) is 14.5 Å². The molecule has 4 rings (SSSR count). The van der Waals surface area contributed by atoms with Crippen molar-refractivity contribution in [3.8, 4) is 10.4 Å². The number of aryl methyl sites for hydroxylation is 1. The number of amides is 1. The number of thiophene rings is 1. The predicted octanol–water partition coefficient (Wildman–Crippen LogP) is 5.54. The number of carbonyl (C=O) groups is 1. The van der Waals surface area contributed by atoms with Crippen LogP contribution >= 0.6 is 38.9 Å². The molecule has 6 nitrogen and oxygen atoms in total. The average Bonchev–Trinajstić information content (AvgIpc) is 3.27. The average molecular weight is 611 g/mol. The normalized spacial score (nSPS) is 15.7. The van der Waals surface area contributed by atoms with Gasteiger partial charge < -0.3 is 4.90 Å². The van der Waals surface area contributed by atoms with E-state index < -0.39 is 16.1 Å². The lowest BCUT2D eigenvalue weighted by molar-refractivity contribution is -0.133. The van der Waals surface area contributed by atoms with Crippen molar-refractivity contribution in [2.75, 3.05) is 26.2 Å². The van der Waals surface area contributed by atoms with Gasteiger partial charge in [-0.3, -0.25) is 9.69 Å². The summed E-state index contributed by atoms with van der Waals surface area (Å²) in [6.07, 6.45) is 0.122. The zero-order chi connectivity index (χ0) is 25.9. The third-order valence-electron chi connectivity index (χ3n) is 6.09. The summed E-state index contributed by atoms with van der Waals surface area (Å²) in [6, 6.07) is 16.7. The highest BCUT2D eigenvalue weighted by Gasteiger charge is 2.26. The molecule has 1 atom stereocenters. The topological polar surface area (TPSA) is 69.7 Å². The van der Waals surface area contributed by atoms with Crippen LogP contribution in [0.3, 0.4) is 0 Å². The van der Waals surface area contributed by atoms with E-state index in [-0.39, 0.29) is 17.2 Å². The Morgan fingerprint density at radius 3 is 2.56 bits per heavy atom. The van der Waals surface area contributed by atoms with E-state index in [1.54, 1.807) is 36.5 Å². The minimum atomic E-state index is -3.73. The van der Waals surface area contributed by atoms with Gasteiger partial charge in [-0.15, -0.1) is 11.3 Å². The number of benzene rings is 2. The van der Waals surface area contributed by atoms with Gasteiger partial charge in [0.2, 0.25) is 15.9 Å². The fourth-order valence-electron chi connectivity index (χ4n) is 4.22. The maximum absolute atomic E-state index is 12.8. The monoisotopic (exact) mass is 609 g/mol. The maximum atomic E-state index is 12.8. The second-order valence-electron chi connectivity index (χ2n) is 9.09. The first kappa shape index (κ1) is 27.3. The van der Waals surface area contributed by atoms with Gasteiger partial charge in [0, 0.05) is 64.4 Å². The van der Waals surface area contributed by atoms with Gasteiger partial charge in [-0.2, -0.15) is 0 Å². The van der Waals surface area contributed by atoms with Gasteiger partial charge in [0.25, 0.3) is 0 Å². The molecule has 2 aromatic carbocycles. The Hall–Kier alpha value is -1.75. The molecule has 192 valence electrons. The van der Waals surface area contributed by atoms with Crippen molar-refractivity contribution in [3.05, 3.63) is 74.5 Å². The molecule has 2 heterocycles. The maximum Gasteiger partial charge on any atom is 0.241 e. The smallest absolute Gasteiger partial charge is 0.241 e. The lowest BCUT2D eigenvalue weighted by Gasteiger charge is -2.35. The van der Waals surface area contributed by atoms with Crippen LogP contribution in [0.1, 0.15) is 23.8 Å². The number of piperazine rings is 1. The van der Waals surface area contributed by atoms with Gasteiger partial charge >= 0.3 is 0 Å². The van der Waals surface area contributed by atoms with Gasteiger partial charge in [-0.1, -0.05) is 29.8 Å². The molecule has 0 saturated carbocycles. The van der Waals surface area contributed by atoms with Crippen LogP contribution in [0, 0.1) is 6.92 Å². The zero-order valence-corrected chi connectivity index (χ0v) is 24.2. The number of nitrogens with zero attached hydrogens (tertiary/aromatic N) is 2. The van der Waals surface area contributed by atoms with Crippen LogP contribution in [0.5, 0.6) is 0 Å². The number of rotatable bonds is 8. The molecule has 1 fully saturated rings. The lowest BCUT2D eigenvalue weighted by Crippen LogP contribution is -2.49. The van der Waals surface area contributed by atoms with Crippen molar-refractivity contribution < 1.29 is 13.2 Å². The standard InChI is InChI=1S/C26H29BrClN3O3S2/c1-18-6-9-25(23(27)14-18)36(33,34)29-19(2)15-26(32)31-12-10-30(11-13-31)17-22-7-8-24(35-22)20-4-3-5-21(28)16-20/h3-9,14,16,19,29H,10-13,15,17H2,1-2H3. The van der Waals surface area contributed by atoms with Gasteiger partial charge in [0.05, 0.1) is 4.90 Å². The number of halogens is 2. The van der Waals surface area contributed by atoms with Crippen LogP contribution < -0.4 is 4.72 Å². The summed E-state index contributed by atoms with van der Waals surface area (Å²) < 4.78 is 28.7. The van der Waals surface area contributed by atoms with E-state index in [0.717, 1.165) is 35.8 Å². The van der Waals surface area contributed by atoms with Crippen LogP contribution in [-0.4, -0.2) is 56.3 Å². The molecule has 1 saturated heterocycles. The number of nitrogens with one attached hydrogen (secondary N) is 1. The Labute approximate surface area is 230 Å². The summed E-state index contributed by atoms with van der Waals surface area (Å²) in [5.74, 6) is -0.0350. The van der Waals surface area contributed by atoms with E-state index in [1.165, 1.54) is 9.75 Å². The lowest BCUT2D eigenvalue weighted by atomic mass is 10.2. The molecule has 1 amide bonds. The Bertz CT molecular complexity index is 1340. The van der Waals surface area contributed by atoms with E-state index in [9.17, 15) is 13.2 Å². The largest absolute Gasteiger partial charge is 0.340 e. The first-order valence-corrected chi connectivity index (χ1v) is 15.2. The summed E-state index contributed by atoms with van der Waals surface area (Å²) in [5.41, 5.74) is 2.08. The van der Waals surface area contributed by atoms with Crippen molar-refractivity contribution in [2.24, 2.45) is 0 Å². The van der Waals surface area contributed by atoms with Crippen molar-refractivity contribution in [2.45, 2.75) is 37.8 Å². The number of hydrogen-bond donors (Lipinski definition) is 1. The van der Waals surface area contributed by atoms with Crippen molar-refractivity contribution >= 4 is 54.8 Å². The molecule has 1 aliphatic rings. The molecular weight excluding hydrogens is 582 g/mol. The molecule has 1 N–H and O–H groups in total. The van der Waals surface area contributed by atoms with E-state index >= 15 is 0 Å². The van der Waals surface area contributed by atoms with E-state index in [4.69, 9.17) is 11.6 Å². The molecule has 0 aliphatic carbocycles. The Balaban J connectivity index is 1.26.